The smallest absolute Gasteiger partial charge is 0.0431 e. The van der Waals surface area contributed by atoms with Gasteiger partial charge in [0.1, 0.15) is 0 Å². The van der Waals surface area contributed by atoms with Crippen LogP contribution in [0.5, 0.6) is 0 Å². The Hall–Kier alpha value is -0.0800. The van der Waals surface area contributed by atoms with Crippen LogP contribution in [0.1, 0.15) is 39.5 Å². The lowest BCUT2D eigenvalue weighted by Gasteiger charge is -2.17. The molecule has 84 valence electrons. The predicted octanol–water partition coefficient (Wildman–Crippen LogP) is 2.13. The van der Waals surface area contributed by atoms with Crippen molar-refractivity contribution >= 4 is 0 Å². The van der Waals surface area contributed by atoms with E-state index in [-0.39, 0.29) is 0 Å². The van der Waals surface area contributed by atoms with Crippen LogP contribution in [-0.4, -0.2) is 36.2 Å². The van der Waals surface area contributed by atoms with Gasteiger partial charge >= 0.3 is 0 Å². The second kappa shape index (κ2) is 6.41. The fourth-order valence-electron chi connectivity index (χ4n) is 2.23. The molecule has 0 radical (unpaired) electrons. The molecule has 0 aromatic carbocycles. The number of rotatable bonds is 6. The van der Waals surface area contributed by atoms with E-state index >= 15 is 0 Å². The van der Waals surface area contributed by atoms with Crippen LogP contribution in [0, 0.1) is 11.8 Å². The molecule has 0 amide bonds. The lowest BCUT2D eigenvalue weighted by atomic mass is 9.95. The van der Waals surface area contributed by atoms with Gasteiger partial charge < -0.3 is 10.0 Å². The number of nitrogens with zero attached hydrogens (tertiary/aromatic N) is 1. The standard InChI is InChI=1S/C12H25NO/c1-11(2)12-6-8-13(10-12)7-4-3-5-9-14/h11-12,14H,3-10H2,1-2H3. The van der Waals surface area contributed by atoms with E-state index in [0.29, 0.717) is 6.61 Å². The van der Waals surface area contributed by atoms with Crippen LogP contribution in [0.3, 0.4) is 0 Å². The van der Waals surface area contributed by atoms with Crippen molar-refractivity contribution in [2.45, 2.75) is 39.5 Å². The van der Waals surface area contributed by atoms with Crippen LogP contribution < -0.4 is 0 Å². The van der Waals surface area contributed by atoms with Gasteiger partial charge in [0.15, 0.2) is 0 Å². The average Bonchev–Trinajstić information content (AvgIpc) is 2.61. The molecule has 2 nitrogen and oxygen atoms in total. The van der Waals surface area contributed by atoms with E-state index in [9.17, 15) is 0 Å². The Labute approximate surface area is 88.3 Å². The summed E-state index contributed by atoms with van der Waals surface area (Å²) in [5.74, 6) is 1.77. The molecule has 0 spiro atoms. The Morgan fingerprint density at radius 2 is 2.07 bits per heavy atom. The number of aliphatic hydroxyl groups is 1. The first kappa shape index (κ1) is 12.0. The molecule has 1 saturated heterocycles. The van der Waals surface area contributed by atoms with Gasteiger partial charge in [-0.15, -0.1) is 0 Å². The molecule has 1 heterocycles. The molecule has 14 heavy (non-hydrogen) atoms. The SMILES string of the molecule is CC(C)C1CCN(CCCCCO)C1. The highest BCUT2D eigenvalue weighted by Crippen LogP contribution is 2.23. The lowest BCUT2D eigenvalue weighted by Crippen LogP contribution is -2.23. The lowest BCUT2D eigenvalue weighted by molar-refractivity contribution is 0.267. The van der Waals surface area contributed by atoms with Crippen LogP contribution in [0.15, 0.2) is 0 Å². The minimum atomic E-state index is 0.356. The van der Waals surface area contributed by atoms with E-state index in [1.165, 1.54) is 38.9 Å². The fraction of sp³-hybridized carbons (Fsp3) is 1.00. The molecule has 0 aliphatic carbocycles. The third-order valence-corrected chi connectivity index (χ3v) is 3.38. The summed E-state index contributed by atoms with van der Waals surface area (Å²) in [6, 6.07) is 0. The molecule has 1 rings (SSSR count). The molecular weight excluding hydrogens is 174 g/mol. The van der Waals surface area contributed by atoms with Crippen molar-refractivity contribution in [3.63, 3.8) is 0 Å². The zero-order valence-electron chi connectivity index (χ0n) is 9.71. The zero-order valence-corrected chi connectivity index (χ0v) is 9.71. The van der Waals surface area contributed by atoms with Crippen LogP contribution >= 0.6 is 0 Å². The van der Waals surface area contributed by atoms with Crippen molar-refractivity contribution in [1.29, 1.82) is 0 Å². The summed E-state index contributed by atoms with van der Waals surface area (Å²) in [6.07, 6.45) is 4.80. The maximum absolute atomic E-state index is 8.66. The van der Waals surface area contributed by atoms with Crippen molar-refractivity contribution in [3.8, 4) is 0 Å². The van der Waals surface area contributed by atoms with Gasteiger partial charge in [0.25, 0.3) is 0 Å². The number of aliphatic hydroxyl groups excluding tert-OH is 1. The monoisotopic (exact) mass is 199 g/mol. The molecule has 2 heteroatoms. The topological polar surface area (TPSA) is 23.5 Å². The molecule has 1 fully saturated rings. The van der Waals surface area contributed by atoms with Crippen LogP contribution in [0.25, 0.3) is 0 Å². The summed E-state index contributed by atoms with van der Waals surface area (Å²) in [6.45, 7) is 8.86. The van der Waals surface area contributed by atoms with Crippen molar-refractivity contribution in [1.82, 2.24) is 4.90 Å². The van der Waals surface area contributed by atoms with E-state index in [1.807, 2.05) is 0 Å². The summed E-state index contributed by atoms with van der Waals surface area (Å²) < 4.78 is 0. The van der Waals surface area contributed by atoms with Gasteiger partial charge in [0.05, 0.1) is 0 Å². The molecule has 1 N–H and O–H groups in total. The maximum Gasteiger partial charge on any atom is 0.0431 e. The van der Waals surface area contributed by atoms with Crippen LogP contribution in [0.2, 0.25) is 0 Å². The molecule has 0 saturated carbocycles. The van der Waals surface area contributed by atoms with Crippen molar-refractivity contribution in [3.05, 3.63) is 0 Å². The molecule has 0 bridgehead atoms. The molecule has 1 aliphatic rings. The van der Waals surface area contributed by atoms with Gasteiger partial charge in [-0.25, -0.2) is 0 Å². The van der Waals surface area contributed by atoms with Crippen molar-refractivity contribution in [2.24, 2.45) is 11.8 Å². The Morgan fingerprint density at radius 1 is 1.29 bits per heavy atom. The Bertz CT molecular complexity index is 147. The van der Waals surface area contributed by atoms with Crippen LogP contribution in [0.4, 0.5) is 0 Å². The fourth-order valence-corrected chi connectivity index (χ4v) is 2.23. The van der Waals surface area contributed by atoms with Crippen LogP contribution in [-0.2, 0) is 0 Å². The van der Waals surface area contributed by atoms with Gasteiger partial charge in [0, 0.05) is 13.2 Å². The van der Waals surface area contributed by atoms with E-state index in [0.717, 1.165) is 18.3 Å². The Balaban J connectivity index is 2.04. The first-order valence-electron chi connectivity index (χ1n) is 6.07. The summed E-state index contributed by atoms with van der Waals surface area (Å²) in [7, 11) is 0. The number of hydrogen-bond acceptors (Lipinski definition) is 2. The number of likely N-dealkylation sites (tertiary alicyclic amines) is 1. The molecule has 1 atom stereocenters. The summed E-state index contributed by atoms with van der Waals surface area (Å²) in [5.41, 5.74) is 0. The molecule has 1 aliphatic heterocycles. The molecule has 0 aromatic rings. The third-order valence-electron chi connectivity index (χ3n) is 3.38. The molecule has 0 aromatic heterocycles. The summed E-state index contributed by atoms with van der Waals surface area (Å²) in [4.78, 5) is 2.59. The van der Waals surface area contributed by atoms with Gasteiger partial charge in [0.2, 0.25) is 0 Å². The highest BCUT2D eigenvalue weighted by Gasteiger charge is 2.23. The normalized spacial score (nSPS) is 23.6. The minimum Gasteiger partial charge on any atom is -0.396 e. The quantitative estimate of drug-likeness (QED) is 0.662. The summed E-state index contributed by atoms with van der Waals surface area (Å²) >= 11 is 0. The summed E-state index contributed by atoms with van der Waals surface area (Å²) in [5, 5.41) is 8.66. The second-order valence-electron chi connectivity index (χ2n) is 4.88. The highest BCUT2D eigenvalue weighted by molar-refractivity contribution is 4.77. The second-order valence-corrected chi connectivity index (χ2v) is 4.88. The highest BCUT2D eigenvalue weighted by atomic mass is 16.2. The first-order valence-corrected chi connectivity index (χ1v) is 6.07. The van der Waals surface area contributed by atoms with Crippen molar-refractivity contribution < 1.29 is 5.11 Å². The van der Waals surface area contributed by atoms with E-state index < -0.39 is 0 Å². The molecule has 1 unspecified atom stereocenters. The van der Waals surface area contributed by atoms with E-state index in [4.69, 9.17) is 5.11 Å². The zero-order chi connectivity index (χ0) is 10.4. The van der Waals surface area contributed by atoms with E-state index in [2.05, 4.69) is 18.7 Å². The first-order chi connectivity index (χ1) is 6.74. The van der Waals surface area contributed by atoms with Crippen molar-refractivity contribution in [2.75, 3.05) is 26.2 Å². The predicted molar refractivity (Wildman–Crippen MR) is 60.3 cm³/mol. The average molecular weight is 199 g/mol. The van der Waals surface area contributed by atoms with Gasteiger partial charge in [-0.3, -0.25) is 0 Å². The van der Waals surface area contributed by atoms with Gasteiger partial charge in [-0.2, -0.15) is 0 Å². The maximum atomic E-state index is 8.66. The number of hydrogen-bond donors (Lipinski definition) is 1. The minimum absolute atomic E-state index is 0.356. The van der Waals surface area contributed by atoms with Gasteiger partial charge in [-0.05, 0) is 50.6 Å². The third kappa shape index (κ3) is 3.97. The molecular formula is C12H25NO. The van der Waals surface area contributed by atoms with E-state index in [1.54, 1.807) is 0 Å². The Kier molecular flexibility index (Phi) is 5.49. The number of unbranched alkanes of at least 4 members (excludes halogenated alkanes) is 2. The van der Waals surface area contributed by atoms with Gasteiger partial charge in [-0.1, -0.05) is 13.8 Å². The largest absolute Gasteiger partial charge is 0.396 e. The Morgan fingerprint density at radius 3 is 2.64 bits per heavy atom.